The standard InChI is InChI=1S/C12H15FO4/c1-7(14)9-4-5-11(10(13)6-9)17-8(2)12(15)16-3/h4-8,14H,1-3H3. The number of carbonyl (C=O) groups is 1. The first-order valence-corrected chi connectivity index (χ1v) is 5.17. The fourth-order valence-corrected chi connectivity index (χ4v) is 1.28. The van der Waals surface area contributed by atoms with Crippen molar-refractivity contribution in [2.24, 2.45) is 0 Å². The lowest BCUT2D eigenvalue weighted by Gasteiger charge is -2.14. The Bertz CT molecular complexity index is 403. The summed E-state index contributed by atoms with van der Waals surface area (Å²) in [5.74, 6) is -1.25. The fourth-order valence-electron chi connectivity index (χ4n) is 1.28. The third-order valence-corrected chi connectivity index (χ3v) is 2.28. The molecule has 2 atom stereocenters. The van der Waals surface area contributed by atoms with Crippen molar-refractivity contribution in [1.29, 1.82) is 0 Å². The summed E-state index contributed by atoms with van der Waals surface area (Å²) in [6, 6.07) is 4.08. The molecule has 0 radical (unpaired) electrons. The van der Waals surface area contributed by atoms with E-state index in [1.54, 1.807) is 0 Å². The topological polar surface area (TPSA) is 55.8 Å². The quantitative estimate of drug-likeness (QED) is 0.818. The Hall–Kier alpha value is -1.62. The van der Waals surface area contributed by atoms with E-state index in [-0.39, 0.29) is 5.75 Å². The van der Waals surface area contributed by atoms with Crippen LogP contribution >= 0.6 is 0 Å². The minimum Gasteiger partial charge on any atom is -0.476 e. The first-order valence-electron chi connectivity index (χ1n) is 5.17. The van der Waals surface area contributed by atoms with Crippen LogP contribution in [-0.2, 0) is 9.53 Å². The van der Waals surface area contributed by atoms with Crippen LogP contribution in [0.1, 0.15) is 25.5 Å². The summed E-state index contributed by atoms with van der Waals surface area (Å²) in [6.07, 6.45) is -1.64. The van der Waals surface area contributed by atoms with E-state index in [0.717, 1.165) is 0 Å². The lowest BCUT2D eigenvalue weighted by Crippen LogP contribution is -2.25. The Labute approximate surface area is 99.0 Å². The van der Waals surface area contributed by atoms with Gasteiger partial charge in [-0.2, -0.15) is 0 Å². The third kappa shape index (κ3) is 3.42. The van der Waals surface area contributed by atoms with Gasteiger partial charge in [0.15, 0.2) is 17.7 Å². The molecule has 0 spiro atoms. The highest BCUT2D eigenvalue weighted by Gasteiger charge is 2.17. The molecule has 0 bridgehead atoms. The third-order valence-electron chi connectivity index (χ3n) is 2.28. The molecule has 0 amide bonds. The number of aliphatic hydroxyl groups excluding tert-OH is 1. The van der Waals surface area contributed by atoms with Crippen molar-refractivity contribution in [3.05, 3.63) is 29.6 Å². The van der Waals surface area contributed by atoms with Crippen LogP contribution in [-0.4, -0.2) is 24.3 Å². The molecule has 1 aromatic rings. The molecule has 0 aromatic heterocycles. The van der Waals surface area contributed by atoms with Crippen LogP contribution in [0.15, 0.2) is 18.2 Å². The van der Waals surface area contributed by atoms with Gasteiger partial charge in [0.2, 0.25) is 0 Å². The smallest absolute Gasteiger partial charge is 0.346 e. The largest absolute Gasteiger partial charge is 0.476 e. The van der Waals surface area contributed by atoms with Crippen LogP contribution in [0.4, 0.5) is 4.39 Å². The molecule has 1 N–H and O–H groups in total. The molecule has 2 unspecified atom stereocenters. The first kappa shape index (κ1) is 13.4. The highest BCUT2D eigenvalue weighted by atomic mass is 19.1. The summed E-state index contributed by atoms with van der Waals surface area (Å²) in [5.41, 5.74) is 0.445. The molecule has 1 aromatic carbocycles. The second-order valence-electron chi connectivity index (χ2n) is 3.65. The summed E-state index contributed by atoms with van der Waals surface area (Å²) in [7, 11) is 1.23. The van der Waals surface area contributed by atoms with E-state index < -0.39 is 24.0 Å². The molecular weight excluding hydrogens is 227 g/mol. The lowest BCUT2D eigenvalue weighted by molar-refractivity contribution is -0.148. The maximum absolute atomic E-state index is 13.5. The predicted molar refractivity (Wildman–Crippen MR) is 59.1 cm³/mol. The SMILES string of the molecule is COC(=O)C(C)Oc1ccc(C(C)O)cc1F. The van der Waals surface area contributed by atoms with Crippen molar-refractivity contribution in [2.75, 3.05) is 7.11 Å². The Morgan fingerprint density at radius 2 is 2.06 bits per heavy atom. The summed E-state index contributed by atoms with van der Waals surface area (Å²) >= 11 is 0. The van der Waals surface area contributed by atoms with E-state index in [2.05, 4.69) is 4.74 Å². The van der Waals surface area contributed by atoms with E-state index in [0.29, 0.717) is 5.56 Å². The summed E-state index contributed by atoms with van der Waals surface area (Å²) in [5, 5.41) is 9.27. The number of ether oxygens (including phenoxy) is 2. The van der Waals surface area contributed by atoms with Crippen molar-refractivity contribution < 1.29 is 23.8 Å². The number of hydrogen-bond donors (Lipinski definition) is 1. The molecule has 94 valence electrons. The molecule has 1 rings (SSSR count). The maximum Gasteiger partial charge on any atom is 0.346 e. The number of esters is 1. The molecule has 17 heavy (non-hydrogen) atoms. The molecular formula is C12H15FO4. The number of carbonyl (C=O) groups excluding carboxylic acids is 1. The Morgan fingerprint density at radius 3 is 2.53 bits per heavy atom. The van der Waals surface area contributed by atoms with Gasteiger partial charge < -0.3 is 14.6 Å². The number of aliphatic hydroxyl groups is 1. The van der Waals surface area contributed by atoms with Gasteiger partial charge in [-0.3, -0.25) is 0 Å². The predicted octanol–water partition coefficient (Wildman–Crippen LogP) is 1.82. The lowest BCUT2D eigenvalue weighted by atomic mass is 10.1. The van der Waals surface area contributed by atoms with Gasteiger partial charge in [0, 0.05) is 0 Å². The van der Waals surface area contributed by atoms with E-state index >= 15 is 0 Å². The van der Waals surface area contributed by atoms with E-state index in [9.17, 15) is 14.3 Å². The minimum atomic E-state index is -0.883. The van der Waals surface area contributed by atoms with Gasteiger partial charge in [-0.1, -0.05) is 6.07 Å². The van der Waals surface area contributed by atoms with Gasteiger partial charge in [0.25, 0.3) is 0 Å². The molecule has 0 aliphatic carbocycles. The zero-order chi connectivity index (χ0) is 13.0. The fraction of sp³-hybridized carbons (Fsp3) is 0.417. The number of halogens is 1. The van der Waals surface area contributed by atoms with Crippen molar-refractivity contribution in [1.82, 2.24) is 0 Å². The number of methoxy groups -OCH3 is 1. The van der Waals surface area contributed by atoms with Gasteiger partial charge in [-0.15, -0.1) is 0 Å². The van der Waals surface area contributed by atoms with Crippen molar-refractivity contribution in [3.63, 3.8) is 0 Å². The second-order valence-corrected chi connectivity index (χ2v) is 3.65. The average molecular weight is 242 g/mol. The zero-order valence-corrected chi connectivity index (χ0v) is 9.94. The van der Waals surface area contributed by atoms with Crippen LogP contribution in [0.3, 0.4) is 0 Å². The number of hydrogen-bond acceptors (Lipinski definition) is 4. The number of rotatable bonds is 4. The molecule has 0 heterocycles. The monoisotopic (exact) mass is 242 g/mol. The second kappa shape index (κ2) is 5.63. The highest BCUT2D eigenvalue weighted by molar-refractivity contribution is 5.74. The van der Waals surface area contributed by atoms with Crippen LogP contribution < -0.4 is 4.74 Å². The van der Waals surface area contributed by atoms with E-state index in [4.69, 9.17) is 4.74 Å². The van der Waals surface area contributed by atoms with Gasteiger partial charge in [0.05, 0.1) is 13.2 Å². The van der Waals surface area contributed by atoms with Gasteiger partial charge in [-0.05, 0) is 31.5 Å². The Kier molecular flexibility index (Phi) is 4.45. The van der Waals surface area contributed by atoms with Gasteiger partial charge >= 0.3 is 5.97 Å². The minimum absolute atomic E-state index is 0.0488. The molecule has 0 saturated heterocycles. The Morgan fingerprint density at radius 1 is 1.41 bits per heavy atom. The zero-order valence-electron chi connectivity index (χ0n) is 9.94. The van der Waals surface area contributed by atoms with Crippen LogP contribution in [0.2, 0.25) is 0 Å². The number of benzene rings is 1. The first-order chi connectivity index (χ1) is 7.95. The normalized spacial score (nSPS) is 13.9. The average Bonchev–Trinajstić information content (AvgIpc) is 2.30. The molecule has 5 heteroatoms. The van der Waals surface area contributed by atoms with E-state index in [1.165, 1.54) is 39.2 Å². The molecule has 0 aliphatic rings. The van der Waals surface area contributed by atoms with Crippen LogP contribution in [0.25, 0.3) is 0 Å². The maximum atomic E-state index is 13.5. The highest BCUT2D eigenvalue weighted by Crippen LogP contribution is 2.22. The molecule has 0 fully saturated rings. The van der Waals surface area contributed by atoms with Crippen LogP contribution in [0, 0.1) is 5.82 Å². The summed E-state index contributed by atoms with van der Waals surface area (Å²) < 4.78 is 23.1. The Balaban J connectivity index is 2.83. The summed E-state index contributed by atoms with van der Waals surface area (Å²) in [6.45, 7) is 3.00. The van der Waals surface area contributed by atoms with Crippen molar-refractivity contribution in [2.45, 2.75) is 26.1 Å². The van der Waals surface area contributed by atoms with Crippen molar-refractivity contribution >= 4 is 5.97 Å². The van der Waals surface area contributed by atoms with Crippen LogP contribution in [0.5, 0.6) is 5.75 Å². The molecule has 4 nitrogen and oxygen atoms in total. The van der Waals surface area contributed by atoms with Gasteiger partial charge in [0.1, 0.15) is 0 Å². The van der Waals surface area contributed by atoms with E-state index in [1.807, 2.05) is 0 Å². The van der Waals surface area contributed by atoms with Gasteiger partial charge in [-0.25, -0.2) is 9.18 Å². The summed E-state index contributed by atoms with van der Waals surface area (Å²) in [4.78, 5) is 11.1. The van der Waals surface area contributed by atoms with Crippen molar-refractivity contribution in [3.8, 4) is 5.75 Å². The molecule has 0 saturated carbocycles. The molecule has 0 aliphatic heterocycles.